The lowest BCUT2D eigenvalue weighted by atomic mass is 10.1. The van der Waals surface area contributed by atoms with Crippen molar-refractivity contribution < 1.29 is 14.3 Å². The number of fused-ring (bicyclic) bond motifs is 1. The first kappa shape index (κ1) is 20.3. The third-order valence-electron chi connectivity index (χ3n) is 4.91. The number of carbonyl (C=O) groups is 1. The van der Waals surface area contributed by atoms with Crippen molar-refractivity contribution >= 4 is 17.6 Å². The maximum atomic E-state index is 13.2. The van der Waals surface area contributed by atoms with Gasteiger partial charge in [-0.1, -0.05) is 23.8 Å². The Balaban J connectivity index is 1.82. The highest BCUT2D eigenvalue weighted by Crippen LogP contribution is 2.24. The number of ether oxygens (including phenoxy) is 2. The molecule has 8 nitrogen and oxygen atoms in total. The van der Waals surface area contributed by atoms with E-state index in [1.54, 1.807) is 36.5 Å². The van der Waals surface area contributed by atoms with Crippen molar-refractivity contribution in [1.29, 1.82) is 5.26 Å². The predicted molar refractivity (Wildman–Crippen MR) is 114 cm³/mol. The van der Waals surface area contributed by atoms with E-state index in [-0.39, 0.29) is 17.0 Å². The number of pyridine rings is 1. The van der Waals surface area contributed by atoms with Crippen LogP contribution in [0.3, 0.4) is 0 Å². The molecule has 0 saturated carbocycles. The number of aromatic nitrogens is 2. The van der Waals surface area contributed by atoms with Crippen LogP contribution in [0.5, 0.6) is 11.6 Å². The molecule has 0 radical (unpaired) electrons. The second kappa shape index (κ2) is 8.81. The summed E-state index contributed by atoms with van der Waals surface area (Å²) < 4.78 is 12.5. The average Bonchev–Trinajstić information content (AvgIpc) is 2.81. The number of amides is 1. The smallest absolute Gasteiger partial charge is 0.269 e. The molecule has 1 saturated heterocycles. The molecule has 156 valence electrons. The van der Waals surface area contributed by atoms with Crippen LogP contribution in [0.15, 0.2) is 59.0 Å². The highest BCUT2D eigenvalue weighted by Gasteiger charge is 2.22. The van der Waals surface area contributed by atoms with Gasteiger partial charge in [-0.25, -0.2) is 0 Å². The molecule has 2 aromatic heterocycles. The van der Waals surface area contributed by atoms with Gasteiger partial charge in [0.15, 0.2) is 0 Å². The van der Waals surface area contributed by atoms with Crippen molar-refractivity contribution in [2.24, 2.45) is 0 Å². The Bertz CT molecular complexity index is 1250. The molecule has 0 atom stereocenters. The average molecular weight is 416 g/mol. The summed E-state index contributed by atoms with van der Waals surface area (Å²) in [6.45, 7) is 3.55. The summed E-state index contributed by atoms with van der Waals surface area (Å²) in [7, 11) is 0. The molecule has 0 N–H and O–H groups in total. The molecule has 4 rings (SSSR count). The van der Waals surface area contributed by atoms with Crippen LogP contribution in [0.4, 0.5) is 0 Å². The van der Waals surface area contributed by atoms with Crippen LogP contribution in [0, 0.1) is 18.3 Å². The minimum Gasteiger partial charge on any atom is -0.438 e. The molecule has 1 aliphatic heterocycles. The molecule has 8 heteroatoms. The lowest BCUT2D eigenvalue weighted by molar-refractivity contribution is -0.130. The molecule has 3 heterocycles. The van der Waals surface area contributed by atoms with Crippen LogP contribution in [-0.2, 0) is 9.53 Å². The van der Waals surface area contributed by atoms with E-state index < -0.39 is 11.5 Å². The van der Waals surface area contributed by atoms with E-state index in [4.69, 9.17) is 9.47 Å². The molecule has 0 unspecified atom stereocenters. The quantitative estimate of drug-likeness (QED) is 0.479. The van der Waals surface area contributed by atoms with Gasteiger partial charge in [0.25, 0.3) is 11.5 Å². The molecule has 31 heavy (non-hydrogen) atoms. The van der Waals surface area contributed by atoms with Crippen molar-refractivity contribution in [1.82, 2.24) is 14.3 Å². The number of rotatable bonds is 4. The Labute approximate surface area is 178 Å². The zero-order valence-electron chi connectivity index (χ0n) is 16.9. The Kier molecular flexibility index (Phi) is 5.78. The molecular formula is C23H20N4O4. The summed E-state index contributed by atoms with van der Waals surface area (Å²) in [5.41, 5.74) is 0.884. The lowest BCUT2D eigenvalue weighted by Crippen LogP contribution is -2.41. The summed E-state index contributed by atoms with van der Waals surface area (Å²) in [6.07, 6.45) is 2.84. The van der Waals surface area contributed by atoms with Gasteiger partial charge in [0.05, 0.1) is 13.2 Å². The van der Waals surface area contributed by atoms with Crippen molar-refractivity contribution in [3.8, 4) is 17.7 Å². The highest BCUT2D eigenvalue weighted by molar-refractivity contribution is 6.02. The van der Waals surface area contributed by atoms with E-state index in [1.165, 1.54) is 15.4 Å². The van der Waals surface area contributed by atoms with Crippen molar-refractivity contribution in [2.75, 3.05) is 26.3 Å². The van der Waals surface area contributed by atoms with Gasteiger partial charge >= 0.3 is 0 Å². The summed E-state index contributed by atoms with van der Waals surface area (Å²) >= 11 is 0. The van der Waals surface area contributed by atoms with Crippen molar-refractivity contribution in [2.45, 2.75) is 6.92 Å². The Hall–Kier alpha value is -3.96. The van der Waals surface area contributed by atoms with Crippen LogP contribution in [0.2, 0.25) is 0 Å². The topological polar surface area (TPSA) is 96.9 Å². The monoisotopic (exact) mass is 416 g/mol. The second-order valence-electron chi connectivity index (χ2n) is 7.05. The van der Waals surface area contributed by atoms with Gasteiger partial charge in [0.2, 0.25) is 5.88 Å². The number of nitrogens with zero attached hydrogens (tertiary/aromatic N) is 4. The predicted octanol–water partition coefficient (Wildman–Crippen LogP) is 2.56. The third-order valence-corrected chi connectivity index (χ3v) is 4.91. The number of morpholine rings is 1. The number of nitriles is 1. The van der Waals surface area contributed by atoms with Gasteiger partial charge in [-0.15, -0.1) is 0 Å². The SMILES string of the molecule is Cc1ccc(Oc2nc3ccccn3c(=O)c2/C=C(\C#N)C(=O)N2CCOCC2)cc1. The van der Waals surface area contributed by atoms with Crippen molar-refractivity contribution in [3.63, 3.8) is 0 Å². The summed E-state index contributed by atoms with van der Waals surface area (Å²) in [6, 6.07) is 14.3. The van der Waals surface area contributed by atoms with Crippen LogP contribution in [-0.4, -0.2) is 46.5 Å². The van der Waals surface area contributed by atoms with Gasteiger partial charge in [-0.2, -0.15) is 10.2 Å². The Morgan fingerprint density at radius 1 is 1.19 bits per heavy atom. The summed E-state index contributed by atoms with van der Waals surface area (Å²) in [5, 5.41) is 9.64. The van der Waals surface area contributed by atoms with Gasteiger partial charge < -0.3 is 14.4 Å². The number of benzene rings is 1. The molecule has 3 aromatic rings. The van der Waals surface area contributed by atoms with Crippen LogP contribution >= 0.6 is 0 Å². The second-order valence-corrected chi connectivity index (χ2v) is 7.05. The minimum absolute atomic E-state index is 0.0300. The summed E-state index contributed by atoms with van der Waals surface area (Å²) in [4.78, 5) is 32.0. The standard InChI is InChI=1S/C23H20N4O4/c1-16-5-7-18(8-6-16)31-21-19(23(29)27-9-3-2-4-20(27)25-21)14-17(15-24)22(28)26-10-12-30-13-11-26/h2-9,14H,10-13H2,1H3/b17-14+. The van der Waals surface area contributed by atoms with Crippen LogP contribution in [0.25, 0.3) is 11.7 Å². The molecule has 1 aromatic carbocycles. The molecule has 0 aliphatic carbocycles. The fourth-order valence-electron chi connectivity index (χ4n) is 3.22. The fourth-order valence-corrected chi connectivity index (χ4v) is 3.22. The largest absolute Gasteiger partial charge is 0.438 e. The number of hydrogen-bond acceptors (Lipinski definition) is 6. The van der Waals surface area contributed by atoms with Crippen molar-refractivity contribution in [3.05, 3.63) is 75.7 Å². The molecule has 0 spiro atoms. The van der Waals surface area contributed by atoms with E-state index in [9.17, 15) is 14.9 Å². The zero-order valence-corrected chi connectivity index (χ0v) is 16.9. The van der Waals surface area contributed by atoms with Crippen LogP contribution in [0.1, 0.15) is 11.1 Å². The van der Waals surface area contributed by atoms with Gasteiger partial charge in [0, 0.05) is 19.3 Å². The Morgan fingerprint density at radius 3 is 2.65 bits per heavy atom. The third kappa shape index (κ3) is 4.32. The maximum Gasteiger partial charge on any atom is 0.269 e. The van der Waals surface area contributed by atoms with E-state index >= 15 is 0 Å². The van der Waals surface area contributed by atoms with E-state index in [0.29, 0.717) is 37.7 Å². The Morgan fingerprint density at radius 2 is 1.94 bits per heavy atom. The molecule has 1 amide bonds. The lowest BCUT2D eigenvalue weighted by Gasteiger charge is -2.26. The fraction of sp³-hybridized carbons (Fsp3) is 0.217. The first-order chi connectivity index (χ1) is 15.1. The summed E-state index contributed by atoms with van der Waals surface area (Å²) in [5.74, 6) is 0.0673. The van der Waals surface area contributed by atoms with Gasteiger partial charge in [-0.05, 0) is 37.3 Å². The maximum absolute atomic E-state index is 13.2. The number of hydrogen-bond donors (Lipinski definition) is 0. The van der Waals surface area contributed by atoms with E-state index in [1.807, 2.05) is 25.1 Å². The highest BCUT2D eigenvalue weighted by atomic mass is 16.5. The molecule has 0 bridgehead atoms. The normalized spacial score (nSPS) is 14.3. The van der Waals surface area contributed by atoms with Crippen LogP contribution < -0.4 is 10.3 Å². The molecule has 1 aliphatic rings. The minimum atomic E-state index is -0.454. The first-order valence-electron chi connectivity index (χ1n) is 9.81. The molecule has 1 fully saturated rings. The first-order valence-corrected chi connectivity index (χ1v) is 9.81. The van der Waals surface area contributed by atoms with E-state index in [0.717, 1.165) is 5.56 Å². The van der Waals surface area contributed by atoms with Gasteiger partial charge in [0.1, 0.15) is 28.6 Å². The number of carbonyl (C=O) groups excluding carboxylic acids is 1. The zero-order chi connectivity index (χ0) is 21.8. The number of aryl methyl sites for hydroxylation is 1. The molecular weight excluding hydrogens is 396 g/mol. The van der Waals surface area contributed by atoms with Gasteiger partial charge in [-0.3, -0.25) is 14.0 Å². The van der Waals surface area contributed by atoms with E-state index in [2.05, 4.69) is 4.98 Å².